The van der Waals surface area contributed by atoms with E-state index in [0.717, 1.165) is 33.9 Å². The van der Waals surface area contributed by atoms with Crippen molar-refractivity contribution in [3.63, 3.8) is 0 Å². The monoisotopic (exact) mass is 690 g/mol. The molecule has 6 rings (SSSR count). The third-order valence-electron chi connectivity index (χ3n) is 8.26. The molecule has 6 aromatic rings. The molecule has 4 heterocycles. The van der Waals surface area contributed by atoms with Crippen molar-refractivity contribution >= 4 is 12.4 Å². The highest BCUT2D eigenvalue weighted by Crippen LogP contribution is 2.21. The molecule has 0 aliphatic rings. The van der Waals surface area contributed by atoms with Crippen LogP contribution in [0, 0.1) is 0 Å². The lowest BCUT2D eigenvalue weighted by Gasteiger charge is -2.22. The molecule has 0 aliphatic heterocycles. The third-order valence-corrected chi connectivity index (χ3v) is 8.26. The van der Waals surface area contributed by atoms with Gasteiger partial charge in [0.25, 0.3) is 0 Å². The van der Waals surface area contributed by atoms with Gasteiger partial charge in [-0.05, 0) is 83.9 Å². The number of hydrogen-bond donors (Lipinski definition) is 2. The second-order valence-corrected chi connectivity index (χ2v) is 12.4. The highest BCUT2D eigenvalue weighted by atomic mass is 16.3. The predicted molar refractivity (Wildman–Crippen MR) is 204 cm³/mol. The van der Waals surface area contributed by atoms with Crippen LogP contribution in [0.5, 0.6) is 11.5 Å². The first-order chi connectivity index (χ1) is 25.6. The SMILES string of the molecule is Oc1ccc(CN(Cc2ccccn2)Cc2ccccn2)cc1C=NCCN=Cc1cc(CN(Cc2ccccn2)Cc2ccccn2)ccc1O. The van der Waals surface area contributed by atoms with Crippen LogP contribution in [0.15, 0.2) is 144 Å². The molecule has 0 saturated heterocycles. The summed E-state index contributed by atoms with van der Waals surface area (Å²) in [4.78, 5) is 31.7. The van der Waals surface area contributed by atoms with Gasteiger partial charge in [0.2, 0.25) is 0 Å². The van der Waals surface area contributed by atoms with Crippen LogP contribution >= 0.6 is 0 Å². The van der Waals surface area contributed by atoms with Gasteiger partial charge in [0.1, 0.15) is 11.5 Å². The maximum atomic E-state index is 10.6. The highest BCUT2D eigenvalue weighted by Gasteiger charge is 2.13. The Kier molecular flexibility index (Phi) is 12.9. The summed E-state index contributed by atoms with van der Waals surface area (Å²) >= 11 is 0. The molecule has 10 heteroatoms. The van der Waals surface area contributed by atoms with Gasteiger partial charge in [-0.15, -0.1) is 0 Å². The van der Waals surface area contributed by atoms with E-state index in [9.17, 15) is 10.2 Å². The van der Waals surface area contributed by atoms with Crippen LogP contribution in [0.25, 0.3) is 0 Å². The van der Waals surface area contributed by atoms with Gasteiger partial charge in [0, 0.05) is 87.6 Å². The number of pyridine rings is 4. The van der Waals surface area contributed by atoms with Crippen molar-refractivity contribution in [1.82, 2.24) is 29.7 Å². The van der Waals surface area contributed by atoms with E-state index in [4.69, 9.17) is 0 Å². The molecule has 0 spiro atoms. The number of benzene rings is 2. The summed E-state index contributed by atoms with van der Waals surface area (Å²) in [6, 6.07) is 34.9. The van der Waals surface area contributed by atoms with E-state index in [2.05, 4.69) is 39.7 Å². The number of phenols is 2. The molecule has 0 amide bonds. The highest BCUT2D eigenvalue weighted by molar-refractivity contribution is 5.84. The Hall–Kier alpha value is -6.10. The molecule has 2 N–H and O–H groups in total. The number of aromatic hydroxyl groups is 2. The number of nitrogens with zero attached hydrogens (tertiary/aromatic N) is 8. The summed E-state index contributed by atoms with van der Waals surface area (Å²) in [5.74, 6) is 0.331. The van der Waals surface area contributed by atoms with Crippen LogP contribution in [0.2, 0.25) is 0 Å². The first-order valence-electron chi connectivity index (χ1n) is 17.3. The molecule has 0 aliphatic carbocycles. The molecule has 4 aromatic heterocycles. The van der Waals surface area contributed by atoms with E-state index >= 15 is 0 Å². The van der Waals surface area contributed by atoms with Gasteiger partial charge >= 0.3 is 0 Å². The van der Waals surface area contributed by atoms with E-state index in [0.29, 0.717) is 63.5 Å². The molecule has 0 radical (unpaired) electrons. The van der Waals surface area contributed by atoms with E-state index in [1.54, 1.807) is 49.3 Å². The van der Waals surface area contributed by atoms with Crippen molar-refractivity contribution in [2.45, 2.75) is 39.3 Å². The predicted octanol–water partition coefficient (Wildman–Crippen LogP) is 6.62. The van der Waals surface area contributed by atoms with Crippen LogP contribution in [-0.2, 0) is 39.3 Å². The number of phenolic OH excluding ortho intramolecular Hbond substituents is 2. The maximum absolute atomic E-state index is 10.6. The van der Waals surface area contributed by atoms with Crippen molar-refractivity contribution in [2.24, 2.45) is 9.98 Å². The quantitative estimate of drug-likeness (QED) is 0.0809. The van der Waals surface area contributed by atoms with Crippen molar-refractivity contribution in [3.05, 3.63) is 179 Å². The normalized spacial score (nSPS) is 11.7. The molecular formula is C42H42N8O2. The second kappa shape index (κ2) is 18.8. The lowest BCUT2D eigenvalue weighted by atomic mass is 10.1. The first kappa shape index (κ1) is 35.7. The third kappa shape index (κ3) is 11.2. The standard InChI is InChI=1S/C42H42N8O2/c51-41-15-13-33(27-49(29-37-9-1-5-17-45-37)30-38-10-2-6-18-46-38)23-35(41)25-43-21-22-44-26-36-24-34(14-16-42(36)52)28-50(31-39-11-3-7-19-47-39)32-40-12-4-8-20-48-40/h1-20,23-26,51-52H,21-22,27-32H2. The van der Waals surface area contributed by atoms with E-state index < -0.39 is 0 Å². The Morgan fingerprint density at radius 3 is 1.10 bits per heavy atom. The summed E-state index contributed by atoms with van der Waals surface area (Å²) in [6.45, 7) is 4.78. The maximum Gasteiger partial charge on any atom is 0.124 e. The average Bonchev–Trinajstić information content (AvgIpc) is 3.17. The van der Waals surface area contributed by atoms with E-state index in [-0.39, 0.29) is 11.5 Å². The van der Waals surface area contributed by atoms with Crippen molar-refractivity contribution in [2.75, 3.05) is 13.1 Å². The van der Waals surface area contributed by atoms with Crippen LogP contribution in [0.4, 0.5) is 0 Å². The van der Waals surface area contributed by atoms with Gasteiger partial charge in [-0.1, -0.05) is 36.4 Å². The van der Waals surface area contributed by atoms with Gasteiger partial charge in [-0.25, -0.2) is 0 Å². The van der Waals surface area contributed by atoms with Crippen molar-refractivity contribution in [1.29, 1.82) is 0 Å². The topological polar surface area (TPSA) is 123 Å². The molecule has 0 fully saturated rings. The van der Waals surface area contributed by atoms with E-state index in [1.165, 1.54) is 0 Å². The molecule has 262 valence electrons. The lowest BCUT2D eigenvalue weighted by molar-refractivity contribution is 0.241. The zero-order valence-electron chi connectivity index (χ0n) is 29.0. The molecule has 0 unspecified atom stereocenters. The molecule has 0 atom stereocenters. The molecule has 52 heavy (non-hydrogen) atoms. The number of hydrogen-bond acceptors (Lipinski definition) is 10. The minimum Gasteiger partial charge on any atom is -0.507 e. The Bertz CT molecular complexity index is 1800. The van der Waals surface area contributed by atoms with Gasteiger partial charge in [-0.2, -0.15) is 0 Å². The van der Waals surface area contributed by atoms with Crippen LogP contribution in [0.1, 0.15) is 45.0 Å². The Labute approximate surface area is 304 Å². The number of aliphatic imine (C=N–C) groups is 2. The largest absolute Gasteiger partial charge is 0.507 e. The Balaban J connectivity index is 1.06. The fraction of sp³-hybridized carbons (Fsp3) is 0.190. The van der Waals surface area contributed by atoms with Crippen molar-refractivity contribution < 1.29 is 10.2 Å². The molecule has 2 aromatic carbocycles. The fourth-order valence-corrected chi connectivity index (χ4v) is 5.79. The van der Waals surface area contributed by atoms with Crippen LogP contribution in [0.3, 0.4) is 0 Å². The van der Waals surface area contributed by atoms with Crippen LogP contribution < -0.4 is 0 Å². The summed E-state index contributed by atoms with van der Waals surface area (Å²) in [6.07, 6.45) is 10.6. The average molecular weight is 691 g/mol. The van der Waals surface area contributed by atoms with Crippen molar-refractivity contribution in [3.8, 4) is 11.5 Å². The Morgan fingerprint density at radius 2 is 0.788 bits per heavy atom. The second-order valence-electron chi connectivity index (χ2n) is 12.4. The van der Waals surface area contributed by atoms with Gasteiger partial charge in [0.15, 0.2) is 0 Å². The Morgan fingerprint density at radius 1 is 0.442 bits per heavy atom. The zero-order valence-corrected chi connectivity index (χ0v) is 29.0. The summed E-state index contributed by atoms with van der Waals surface area (Å²) in [7, 11) is 0. The zero-order chi connectivity index (χ0) is 35.8. The van der Waals surface area contributed by atoms with Gasteiger partial charge < -0.3 is 10.2 Å². The van der Waals surface area contributed by atoms with Gasteiger partial charge in [-0.3, -0.25) is 39.7 Å². The van der Waals surface area contributed by atoms with E-state index in [1.807, 2.05) is 97.1 Å². The smallest absolute Gasteiger partial charge is 0.124 e. The number of aromatic nitrogens is 4. The summed E-state index contributed by atoms with van der Waals surface area (Å²) < 4.78 is 0. The first-order valence-corrected chi connectivity index (χ1v) is 17.3. The molecule has 10 nitrogen and oxygen atoms in total. The fourth-order valence-electron chi connectivity index (χ4n) is 5.79. The summed E-state index contributed by atoms with van der Waals surface area (Å²) in [5.41, 5.74) is 7.26. The lowest BCUT2D eigenvalue weighted by Crippen LogP contribution is -2.23. The minimum atomic E-state index is 0.166. The molecule has 0 bridgehead atoms. The number of rotatable bonds is 17. The molecular weight excluding hydrogens is 649 g/mol. The summed E-state index contributed by atoms with van der Waals surface area (Å²) in [5, 5.41) is 21.2. The minimum absolute atomic E-state index is 0.166. The van der Waals surface area contributed by atoms with Gasteiger partial charge in [0.05, 0.1) is 35.9 Å². The van der Waals surface area contributed by atoms with Crippen LogP contribution in [-0.4, -0.2) is 65.5 Å². The molecule has 0 saturated carbocycles.